The van der Waals surface area contributed by atoms with E-state index in [1.165, 1.54) is 30.6 Å². The van der Waals surface area contributed by atoms with E-state index in [-0.39, 0.29) is 5.91 Å². The van der Waals surface area contributed by atoms with Gasteiger partial charge in [0.15, 0.2) is 0 Å². The topological polar surface area (TPSA) is 55.1 Å². The molecule has 0 saturated heterocycles. The van der Waals surface area contributed by atoms with Crippen LogP contribution < -0.4 is 11.1 Å². The van der Waals surface area contributed by atoms with Crippen LogP contribution in [0.5, 0.6) is 0 Å². The fourth-order valence-corrected chi connectivity index (χ4v) is 4.06. The molecule has 0 radical (unpaired) electrons. The van der Waals surface area contributed by atoms with Crippen LogP contribution in [0.3, 0.4) is 0 Å². The molecule has 5 heteroatoms. The summed E-state index contributed by atoms with van der Waals surface area (Å²) in [6.07, 6.45) is 5.81. The smallest absolute Gasteiger partial charge is 0.263 e. The molecule has 0 unspecified atom stereocenters. The largest absolute Gasteiger partial charge is 0.397 e. The van der Waals surface area contributed by atoms with Crippen LogP contribution in [-0.2, 0) is 0 Å². The minimum Gasteiger partial charge on any atom is -0.397 e. The minimum absolute atomic E-state index is 0.0493. The Morgan fingerprint density at radius 2 is 2.05 bits per heavy atom. The lowest BCUT2D eigenvalue weighted by Gasteiger charge is -2.22. The number of nitrogens with one attached hydrogen (secondary N) is 1. The van der Waals surface area contributed by atoms with E-state index in [2.05, 4.69) is 5.32 Å². The Morgan fingerprint density at radius 3 is 2.80 bits per heavy atom. The zero-order valence-electron chi connectivity index (χ0n) is 11.1. The number of hydrogen-bond donors (Lipinski definition) is 2. The lowest BCUT2D eigenvalue weighted by Crippen LogP contribution is -2.36. The van der Waals surface area contributed by atoms with Gasteiger partial charge in [-0.3, -0.25) is 4.79 Å². The average molecular weight is 309 g/mol. The third-order valence-corrected chi connectivity index (χ3v) is 5.24. The monoisotopic (exact) mass is 308 g/mol. The molecule has 106 valence electrons. The molecule has 1 fully saturated rings. The van der Waals surface area contributed by atoms with Crippen LogP contribution >= 0.6 is 22.9 Å². The molecule has 1 aromatic carbocycles. The zero-order chi connectivity index (χ0) is 14.1. The summed E-state index contributed by atoms with van der Waals surface area (Å²) >= 11 is 7.39. The molecule has 1 saturated carbocycles. The summed E-state index contributed by atoms with van der Waals surface area (Å²) in [4.78, 5) is 13.0. The van der Waals surface area contributed by atoms with Gasteiger partial charge in [-0.05, 0) is 31.0 Å². The predicted octanol–water partition coefficient (Wildman–Crippen LogP) is 4.20. The maximum atomic E-state index is 12.4. The van der Waals surface area contributed by atoms with E-state index in [1.54, 1.807) is 6.07 Å². The van der Waals surface area contributed by atoms with E-state index in [0.29, 0.717) is 21.6 Å². The number of carbonyl (C=O) groups is 1. The van der Waals surface area contributed by atoms with Gasteiger partial charge < -0.3 is 11.1 Å². The van der Waals surface area contributed by atoms with Crippen molar-refractivity contribution in [2.45, 2.75) is 38.1 Å². The first-order chi connectivity index (χ1) is 9.65. The maximum Gasteiger partial charge on any atom is 0.263 e. The van der Waals surface area contributed by atoms with Gasteiger partial charge in [0.1, 0.15) is 4.88 Å². The molecule has 0 aliphatic heterocycles. The van der Waals surface area contributed by atoms with Gasteiger partial charge >= 0.3 is 0 Å². The van der Waals surface area contributed by atoms with Crippen LogP contribution in [0.15, 0.2) is 18.2 Å². The quantitative estimate of drug-likeness (QED) is 0.873. The highest BCUT2D eigenvalue weighted by Gasteiger charge is 2.20. The zero-order valence-corrected chi connectivity index (χ0v) is 12.7. The second-order valence-electron chi connectivity index (χ2n) is 5.29. The Hall–Kier alpha value is -1.26. The molecule has 3 nitrogen and oxygen atoms in total. The van der Waals surface area contributed by atoms with E-state index in [9.17, 15) is 4.79 Å². The highest BCUT2D eigenvalue weighted by molar-refractivity contribution is 7.21. The maximum absolute atomic E-state index is 12.4. The summed E-state index contributed by atoms with van der Waals surface area (Å²) in [5, 5.41) is 4.69. The van der Waals surface area contributed by atoms with Crippen molar-refractivity contribution >= 4 is 44.6 Å². The van der Waals surface area contributed by atoms with Crippen molar-refractivity contribution in [3.8, 4) is 0 Å². The average Bonchev–Trinajstić information content (AvgIpc) is 2.76. The van der Waals surface area contributed by atoms with Crippen molar-refractivity contribution in [2.75, 3.05) is 5.73 Å². The number of anilines is 1. The van der Waals surface area contributed by atoms with E-state index in [4.69, 9.17) is 17.3 Å². The Kier molecular flexibility index (Phi) is 3.85. The lowest BCUT2D eigenvalue weighted by molar-refractivity contribution is 0.0933. The van der Waals surface area contributed by atoms with E-state index < -0.39 is 0 Å². The number of fused-ring (bicyclic) bond motifs is 1. The van der Waals surface area contributed by atoms with Gasteiger partial charge in [0.25, 0.3) is 5.91 Å². The lowest BCUT2D eigenvalue weighted by atomic mass is 9.95. The molecule has 20 heavy (non-hydrogen) atoms. The fraction of sp³-hybridized carbons (Fsp3) is 0.400. The number of carbonyl (C=O) groups excluding carboxylic acids is 1. The predicted molar refractivity (Wildman–Crippen MR) is 85.6 cm³/mol. The van der Waals surface area contributed by atoms with Crippen molar-refractivity contribution < 1.29 is 4.79 Å². The molecule has 1 heterocycles. The highest BCUT2D eigenvalue weighted by Crippen LogP contribution is 2.35. The normalized spacial score (nSPS) is 16.4. The summed E-state index contributed by atoms with van der Waals surface area (Å²) in [6, 6.07) is 5.83. The number of halogens is 1. The third-order valence-electron chi connectivity index (χ3n) is 3.84. The Labute approximate surface area is 127 Å². The summed E-state index contributed by atoms with van der Waals surface area (Å²) in [5.41, 5.74) is 6.67. The Balaban J connectivity index is 1.85. The van der Waals surface area contributed by atoms with E-state index in [1.807, 2.05) is 12.1 Å². The molecule has 0 atom stereocenters. The summed E-state index contributed by atoms with van der Waals surface area (Å²) < 4.78 is 0.962. The molecule has 0 bridgehead atoms. The van der Waals surface area contributed by atoms with Crippen LogP contribution in [-0.4, -0.2) is 11.9 Å². The van der Waals surface area contributed by atoms with Gasteiger partial charge in [0.2, 0.25) is 0 Å². The summed E-state index contributed by atoms with van der Waals surface area (Å²) in [6.45, 7) is 0. The van der Waals surface area contributed by atoms with Gasteiger partial charge in [-0.1, -0.05) is 30.9 Å². The molecule has 0 spiro atoms. The van der Waals surface area contributed by atoms with Crippen molar-refractivity contribution in [3.05, 3.63) is 28.1 Å². The van der Waals surface area contributed by atoms with Gasteiger partial charge in [0.05, 0.1) is 5.69 Å². The summed E-state index contributed by atoms with van der Waals surface area (Å²) in [7, 11) is 0. The van der Waals surface area contributed by atoms with Gasteiger partial charge in [0, 0.05) is 21.2 Å². The van der Waals surface area contributed by atoms with Crippen LogP contribution in [0.4, 0.5) is 5.69 Å². The Bertz CT molecular complexity index is 647. The molecule has 1 amide bonds. The number of nitrogen functional groups attached to an aromatic ring is 1. The van der Waals surface area contributed by atoms with E-state index >= 15 is 0 Å². The SMILES string of the molecule is Nc1c(C(=O)NC2CCCCC2)sc2cc(Cl)ccc12. The van der Waals surface area contributed by atoms with Crippen molar-refractivity contribution in [2.24, 2.45) is 0 Å². The fourth-order valence-electron chi connectivity index (χ4n) is 2.76. The molecule has 3 N–H and O–H groups in total. The second-order valence-corrected chi connectivity index (χ2v) is 6.78. The van der Waals surface area contributed by atoms with Crippen LogP contribution in [0, 0.1) is 0 Å². The van der Waals surface area contributed by atoms with Crippen molar-refractivity contribution in [3.63, 3.8) is 0 Å². The molecular formula is C15H17ClN2OS. The standard InChI is InChI=1S/C15H17ClN2OS/c16-9-6-7-11-12(8-9)20-14(13(11)17)15(19)18-10-4-2-1-3-5-10/h6-8,10H,1-5,17H2,(H,18,19). The van der Waals surface area contributed by atoms with Gasteiger partial charge in [-0.2, -0.15) is 0 Å². The first-order valence-corrected chi connectivity index (χ1v) is 8.13. The Morgan fingerprint density at radius 1 is 1.30 bits per heavy atom. The molecule has 1 aliphatic carbocycles. The summed E-state index contributed by atoms with van der Waals surface area (Å²) in [5.74, 6) is -0.0493. The molecule has 1 aliphatic rings. The number of hydrogen-bond acceptors (Lipinski definition) is 3. The third kappa shape index (κ3) is 2.63. The molecule has 3 rings (SSSR count). The first-order valence-electron chi connectivity index (χ1n) is 6.93. The number of thiophene rings is 1. The van der Waals surface area contributed by atoms with Crippen molar-refractivity contribution in [1.82, 2.24) is 5.32 Å². The van der Waals surface area contributed by atoms with Crippen LogP contribution in [0.1, 0.15) is 41.8 Å². The minimum atomic E-state index is -0.0493. The number of rotatable bonds is 2. The van der Waals surface area contributed by atoms with Crippen LogP contribution in [0.25, 0.3) is 10.1 Å². The molecular weight excluding hydrogens is 292 g/mol. The highest BCUT2D eigenvalue weighted by atomic mass is 35.5. The first kappa shape index (κ1) is 13.7. The number of nitrogens with two attached hydrogens (primary N) is 1. The second kappa shape index (κ2) is 5.62. The van der Waals surface area contributed by atoms with Crippen molar-refractivity contribution in [1.29, 1.82) is 0 Å². The van der Waals surface area contributed by atoms with Gasteiger partial charge in [-0.25, -0.2) is 0 Å². The van der Waals surface area contributed by atoms with Crippen LogP contribution in [0.2, 0.25) is 5.02 Å². The number of amides is 1. The van der Waals surface area contributed by atoms with E-state index in [0.717, 1.165) is 22.9 Å². The molecule has 2 aromatic rings. The molecule has 1 aromatic heterocycles. The van der Waals surface area contributed by atoms with Gasteiger partial charge in [-0.15, -0.1) is 11.3 Å². The number of benzene rings is 1.